The molecule has 0 saturated carbocycles. The summed E-state index contributed by atoms with van der Waals surface area (Å²) in [6.45, 7) is 24.6. The SMILES string of the molecule is CCCCCCc1ccc(-c2ccc(/C=C3\C(=O)N(CC(CC)CCCC)c4cc(-c5cc6c(-c7ccc(CC(CC)CCCC)s7)c7sc(-c8ccc9c(c8)N(CC(CC)CCCC)C(=O)/C9=C/c8ccc(-c9ccc(CCCCCC)s9)s8)cc7c(-c7ccc(CC(CC)CCCC)s7)c6s5)ccc43)s2)s1. The second-order valence-electron chi connectivity index (χ2n) is 31.0. The normalized spacial score (nSPS) is 15.0. The predicted molar refractivity (Wildman–Crippen MR) is 487 cm³/mol. The Kier molecular flexibility index (Phi) is 28.7. The maximum absolute atomic E-state index is 15.4. The molecule has 3 aromatic carbocycles. The Hall–Kier alpha value is -5.80. The number of aryl methyl sites for hydroxylation is 2. The molecule has 2 amide bonds. The van der Waals surface area contributed by atoms with Crippen LogP contribution in [0.15, 0.2) is 121 Å². The summed E-state index contributed by atoms with van der Waals surface area (Å²) >= 11 is 15.4. The Bertz CT molecular complexity index is 4510. The third kappa shape index (κ3) is 18.6. The molecule has 2 aliphatic heterocycles. The third-order valence-corrected chi connectivity index (χ3v) is 32.6. The van der Waals surface area contributed by atoms with E-state index >= 15 is 9.59 Å². The maximum atomic E-state index is 15.4. The Morgan fingerprint density at radius 2 is 0.676 bits per heavy atom. The van der Waals surface area contributed by atoms with Gasteiger partial charge in [0, 0.05) is 124 Å². The van der Waals surface area contributed by atoms with Crippen molar-refractivity contribution in [2.75, 3.05) is 22.9 Å². The van der Waals surface area contributed by atoms with Gasteiger partial charge in [0.15, 0.2) is 0 Å². The number of unbranched alkanes of at least 4 members (excludes halogenated alkanes) is 10. The molecule has 2 aliphatic rings. The first-order valence-corrected chi connectivity index (χ1v) is 48.4. The number of benzene rings is 3. The van der Waals surface area contributed by atoms with E-state index < -0.39 is 0 Å². The molecule has 0 fully saturated rings. The van der Waals surface area contributed by atoms with Crippen LogP contribution in [-0.4, -0.2) is 24.9 Å². The highest BCUT2D eigenvalue weighted by atomic mass is 32.1. The van der Waals surface area contributed by atoms with Gasteiger partial charge in [-0.15, -0.1) is 90.7 Å². The molecule has 12 heteroatoms. The van der Waals surface area contributed by atoms with Gasteiger partial charge in [0.25, 0.3) is 11.8 Å². The molecule has 0 N–H and O–H groups in total. The molecule has 570 valence electrons. The molecule has 10 heterocycles. The topological polar surface area (TPSA) is 40.6 Å². The molecule has 108 heavy (non-hydrogen) atoms. The van der Waals surface area contributed by atoms with Crippen molar-refractivity contribution in [3.8, 4) is 61.3 Å². The van der Waals surface area contributed by atoms with Crippen LogP contribution in [0.1, 0.15) is 264 Å². The van der Waals surface area contributed by atoms with Crippen molar-refractivity contribution in [3.63, 3.8) is 0 Å². The van der Waals surface area contributed by atoms with Gasteiger partial charge in [-0.3, -0.25) is 9.59 Å². The Morgan fingerprint density at radius 3 is 1.06 bits per heavy atom. The van der Waals surface area contributed by atoms with Crippen LogP contribution >= 0.6 is 90.7 Å². The van der Waals surface area contributed by atoms with E-state index in [1.54, 1.807) is 0 Å². The molecule has 0 bridgehead atoms. The molecule has 8 aromatic heterocycles. The largest absolute Gasteiger partial charge is 0.307 e. The molecule has 4 atom stereocenters. The van der Waals surface area contributed by atoms with E-state index in [-0.39, 0.29) is 11.8 Å². The molecule has 0 radical (unpaired) electrons. The Balaban J connectivity index is 0.951. The number of carbonyl (C=O) groups is 2. The monoisotopic (exact) mass is 1580 g/mol. The molecular weight excluding hydrogens is 1470 g/mol. The summed E-state index contributed by atoms with van der Waals surface area (Å²) in [6, 6.07) is 47.2. The maximum Gasteiger partial charge on any atom is 0.259 e. The van der Waals surface area contributed by atoms with Gasteiger partial charge in [-0.05, 0) is 195 Å². The zero-order valence-corrected chi connectivity index (χ0v) is 72.7. The van der Waals surface area contributed by atoms with Crippen LogP contribution in [0.25, 0.3) is 105 Å². The molecule has 11 aromatic rings. The van der Waals surface area contributed by atoms with Crippen LogP contribution in [0.3, 0.4) is 0 Å². The fourth-order valence-electron chi connectivity index (χ4n) is 16.4. The second kappa shape index (κ2) is 38.6. The number of nitrogens with zero attached hydrogens (tertiary/aromatic N) is 2. The first-order valence-electron chi connectivity index (χ1n) is 41.8. The number of carbonyl (C=O) groups excluding carboxylic acids is 2. The molecular formula is C96H116N2O2S8. The van der Waals surface area contributed by atoms with Crippen molar-refractivity contribution in [2.24, 2.45) is 23.7 Å². The van der Waals surface area contributed by atoms with Gasteiger partial charge in [-0.25, -0.2) is 0 Å². The van der Waals surface area contributed by atoms with Crippen molar-refractivity contribution in [1.82, 2.24) is 0 Å². The number of fused-ring (bicyclic) bond motifs is 4. The van der Waals surface area contributed by atoms with Crippen molar-refractivity contribution in [3.05, 3.63) is 162 Å². The number of anilines is 2. The van der Waals surface area contributed by atoms with Crippen LogP contribution < -0.4 is 9.80 Å². The fourth-order valence-corrected chi connectivity index (χ4v) is 25.6. The minimum absolute atomic E-state index is 0.122. The van der Waals surface area contributed by atoms with E-state index in [1.807, 2.05) is 90.7 Å². The lowest BCUT2D eigenvalue weighted by molar-refractivity contribution is -0.113. The summed E-state index contributed by atoms with van der Waals surface area (Å²) in [4.78, 5) is 53.6. The zero-order chi connectivity index (χ0) is 75.2. The van der Waals surface area contributed by atoms with Crippen LogP contribution in [0.5, 0.6) is 0 Å². The molecule has 4 unspecified atom stereocenters. The van der Waals surface area contributed by atoms with Crippen LogP contribution in [0.4, 0.5) is 11.4 Å². The minimum atomic E-state index is 0.122. The van der Waals surface area contributed by atoms with E-state index in [0.29, 0.717) is 36.8 Å². The lowest BCUT2D eigenvalue weighted by Crippen LogP contribution is -2.32. The van der Waals surface area contributed by atoms with Crippen LogP contribution in [0.2, 0.25) is 0 Å². The van der Waals surface area contributed by atoms with E-state index in [4.69, 9.17) is 0 Å². The number of hydrogen-bond donors (Lipinski definition) is 0. The van der Waals surface area contributed by atoms with Crippen molar-refractivity contribution >= 4 is 157 Å². The van der Waals surface area contributed by atoms with Gasteiger partial charge >= 0.3 is 0 Å². The number of amides is 2. The average Bonchev–Trinajstić information content (AvgIpc) is 1.85. The number of rotatable bonds is 42. The highest BCUT2D eigenvalue weighted by molar-refractivity contribution is 7.26. The number of thiophene rings is 8. The molecule has 0 aliphatic carbocycles. The van der Waals surface area contributed by atoms with Crippen molar-refractivity contribution in [2.45, 2.75) is 249 Å². The first-order chi connectivity index (χ1) is 52.9. The number of hydrogen-bond acceptors (Lipinski definition) is 10. The third-order valence-electron chi connectivity index (χ3n) is 23.2. The quantitative estimate of drug-likeness (QED) is 0.0283. The van der Waals surface area contributed by atoms with Gasteiger partial charge in [-0.2, -0.15) is 0 Å². The Morgan fingerprint density at radius 1 is 0.324 bits per heavy atom. The van der Waals surface area contributed by atoms with Crippen molar-refractivity contribution < 1.29 is 9.59 Å². The summed E-state index contributed by atoms with van der Waals surface area (Å²) in [7, 11) is 0. The minimum Gasteiger partial charge on any atom is -0.307 e. The van der Waals surface area contributed by atoms with Crippen molar-refractivity contribution in [1.29, 1.82) is 0 Å². The van der Waals surface area contributed by atoms with E-state index in [9.17, 15) is 0 Å². The lowest BCUT2D eigenvalue weighted by atomic mass is 9.95. The highest BCUT2D eigenvalue weighted by Crippen LogP contribution is 2.56. The second-order valence-corrected chi connectivity index (χ2v) is 40.0. The zero-order valence-electron chi connectivity index (χ0n) is 66.2. The van der Waals surface area contributed by atoms with Gasteiger partial charge in [0.05, 0.1) is 22.5 Å². The van der Waals surface area contributed by atoms with Gasteiger partial charge in [0.1, 0.15) is 0 Å². The lowest BCUT2D eigenvalue weighted by Gasteiger charge is -2.24. The average molecular weight is 1590 g/mol. The highest BCUT2D eigenvalue weighted by Gasteiger charge is 2.37. The van der Waals surface area contributed by atoms with Crippen LogP contribution in [-0.2, 0) is 35.3 Å². The van der Waals surface area contributed by atoms with E-state index in [1.165, 1.54) is 193 Å². The van der Waals surface area contributed by atoms with E-state index in [2.05, 4.69) is 213 Å². The van der Waals surface area contributed by atoms with Crippen LogP contribution in [0, 0.1) is 23.7 Å². The fraction of sp³-hybridized carbons (Fsp3) is 0.458. The Labute approximate surface area is 679 Å². The van der Waals surface area contributed by atoms with Gasteiger partial charge in [0.2, 0.25) is 0 Å². The molecule has 13 rings (SSSR count). The summed E-state index contributed by atoms with van der Waals surface area (Å²) < 4.78 is 2.65. The molecule has 0 spiro atoms. The smallest absolute Gasteiger partial charge is 0.259 e. The first kappa shape index (κ1) is 80.3. The molecule has 0 saturated heterocycles. The summed E-state index contributed by atoms with van der Waals surface area (Å²) in [5.41, 5.74) is 10.8. The summed E-state index contributed by atoms with van der Waals surface area (Å²) in [5, 5.41) is 2.61. The summed E-state index contributed by atoms with van der Waals surface area (Å²) in [5.74, 6) is 2.37. The van der Waals surface area contributed by atoms with Gasteiger partial charge < -0.3 is 9.80 Å². The standard InChI is InChI=1S/C96H116N2O2S8/c1-11-21-27-29-35-69-39-47-83(101-69)85-49-41-73(103-85)57-77-75-45-37-67(55-81(75)97(95(77)99)61-65(19-9)33-25-15-5)89-59-79-91(87-51-43-71(105-87)53-63(17-7)31-23-13-3)94-80(92(93(79)107-89)88-52-44-72(106-88)54-64(18-8)32-24-14-4)60-90(108-94)68-38-46-76-78(96(100)98(82(76)56-68)62-66(20-10)34-26-16-6)58-74-42-50-86(104-74)84-48-40-70(102-84)36-30-28-22-12-2/h37-52,55-60,63-66H,11-36,53-54,61-62H2,1-10H3/b77-57-,78-58+. The summed E-state index contributed by atoms with van der Waals surface area (Å²) in [6.07, 6.45) is 37.9. The molecule has 4 nitrogen and oxygen atoms in total. The van der Waals surface area contributed by atoms with E-state index in [0.717, 1.165) is 132 Å². The predicted octanol–water partition coefficient (Wildman–Crippen LogP) is 32.5. The van der Waals surface area contributed by atoms with Gasteiger partial charge in [-0.1, -0.05) is 222 Å².